The number of anilines is 2. The standard InChI is InChI=1S/C32H28Cl2F2N6O.CH4/c1-32(37-2)10-12-42(13-11-32)30(43)22-9-7-20(15-24(22)34)40-31-39-17-18-16-38-29(27-25(35)4-3-5-26(27)36)23-14-19(33)6-8-21(23)28(18)41-31;/h3-9,14-15,17,37H,10-13,16H2,1-2H3,(H,39,40,41);1H4. The predicted molar refractivity (Wildman–Crippen MR) is 172 cm³/mol. The van der Waals surface area contributed by atoms with Crippen LogP contribution < -0.4 is 10.6 Å². The fourth-order valence-electron chi connectivity index (χ4n) is 5.44. The lowest BCUT2D eigenvalue weighted by Gasteiger charge is -2.39. The zero-order valence-corrected chi connectivity index (χ0v) is 25.0. The van der Waals surface area contributed by atoms with Gasteiger partial charge in [0.1, 0.15) is 11.6 Å². The summed E-state index contributed by atoms with van der Waals surface area (Å²) in [4.78, 5) is 28.8. The van der Waals surface area contributed by atoms with Gasteiger partial charge in [0.15, 0.2) is 0 Å². The van der Waals surface area contributed by atoms with Crippen LogP contribution in [-0.2, 0) is 6.54 Å². The van der Waals surface area contributed by atoms with E-state index >= 15 is 0 Å². The maximum absolute atomic E-state index is 14.8. The fourth-order valence-corrected chi connectivity index (χ4v) is 5.87. The van der Waals surface area contributed by atoms with Crippen LogP contribution >= 0.6 is 23.2 Å². The van der Waals surface area contributed by atoms with E-state index in [0.29, 0.717) is 56.8 Å². The lowest BCUT2D eigenvalue weighted by Crippen LogP contribution is -2.51. The van der Waals surface area contributed by atoms with E-state index in [9.17, 15) is 13.6 Å². The van der Waals surface area contributed by atoms with E-state index in [-0.39, 0.29) is 42.6 Å². The van der Waals surface area contributed by atoms with Gasteiger partial charge < -0.3 is 15.5 Å². The molecule has 11 heteroatoms. The number of nitrogens with zero attached hydrogens (tertiary/aromatic N) is 4. The summed E-state index contributed by atoms with van der Waals surface area (Å²) in [5.74, 6) is -1.27. The highest BCUT2D eigenvalue weighted by molar-refractivity contribution is 6.34. The zero-order valence-electron chi connectivity index (χ0n) is 23.5. The molecule has 0 spiro atoms. The van der Waals surface area contributed by atoms with Crippen molar-refractivity contribution in [1.82, 2.24) is 20.2 Å². The second-order valence-corrected chi connectivity index (χ2v) is 11.8. The number of hydrogen-bond donors (Lipinski definition) is 2. The predicted octanol–water partition coefficient (Wildman–Crippen LogP) is 7.67. The molecule has 7 nitrogen and oxygen atoms in total. The zero-order chi connectivity index (χ0) is 30.3. The van der Waals surface area contributed by atoms with E-state index in [0.717, 1.165) is 12.8 Å². The molecule has 0 aliphatic carbocycles. The smallest absolute Gasteiger partial charge is 0.255 e. The summed E-state index contributed by atoms with van der Waals surface area (Å²) in [6.45, 7) is 3.57. The highest BCUT2D eigenvalue weighted by Crippen LogP contribution is 2.35. The number of carbonyl (C=O) groups excluding carboxylic acids is 1. The molecule has 1 fully saturated rings. The number of aliphatic imine (C=N–C) groups is 1. The van der Waals surface area contributed by atoms with E-state index < -0.39 is 11.6 Å². The van der Waals surface area contributed by atoms with Gasteiger partial charge in [-0.2, -0.15) is 0 Å². The van der Waals surface area contributed by atoms with Gasteiger partial charge in [0, 0.05) is 52.2 Å². The minimum absolute atomic E-state index is 0. The highest BCUT2D eigenvalue weighted by atomic mass is 35.5. The largest absolute Gasteiger partial charge is 0.338 e. The SMILES string of the molecule is C.CNC1(C)CCN(C(=O)c2ccc(Nc3ncc4c(n3)-c3ccc(Cl)cc3C(c3c(F)cccc3F)=NC4)cc2Cl)CC1. The number of nitrogens with one attached hydrogen (secondary N) is 2. The van der Waals surface area contributed by atoms with Crippen LogP contribution in [0, 0.1) is 11.6 Å². The number of carbonyl (C=O) groups is 1. The lowest BCUT2D eigenvalue weighted by molar-refractivity contribution is 0.0662. The summed E-state index contributed by atoms with van der Waals surface area (Å²) < 4.78 is 29.7. The second kappa shape index (κ2) is 12.6. The molecule has 3 heterocycles. The summed E-state index contributed by atoms with van der Waals surface area (Å²) in [5, 5.41) is 7.21. The van der Waals surface area contributed by atoms with Gasteiger partial charge >= 0.3 is 0 Å². The Kier molecular flexibility index (Phi) is 9.02. The van der Waals surface area contributed by atoms with Gasteiger partial charge in [-0.15, -0.1) is 0 Å². The van der Waals surface area contributed by atoms with Gasteiger partial charge in [-0.1, -0.05) is 42.8 Å². The van der Waals surface area contributed by atoms with Crippen molar-refractivity contribution in [2.24, 2.45) is 4.99 Å². The quantitative estimate of drug-likeness (QED) is 0.235. The van der Waals surface area contributed by atoms with Crippen molar-refractivity contribution in [2.45, 2.75) is 39.3 Å². The minimum atomic E-state index is -0.723. The van der Waals surface area contributed by atoms with Crippen LogP contribution in [0.2, 0.25) is 10.0 Å². The maximum atomic E-state index is 14.8. The molecule has 2 aliphatic heterocycles. The average Bonchev–Trinajstić information content (AvgIpc) is 3.14. The molecule has 1 aromatic heterocycles. The highest BCUT2D eigenvalue weighted by Gasteiger charge is 2.31. The molecular formula is C33H32Cl2F2N6O. The van der Waals surface area contributed by atoms with E-state index in [1.165, 1.54) is 18.2 Å². The van der Waals surface area contributed by atoms with Crippen molar-refractivity contribution >= 4 is 46.5 Å². The summed E-state index contributed by atoms with van der Waals surface area (Å²) in [7, 11) is 1.94. The third-order valence-corrected chi connectivity index (χ3v) is 8.72. The summed E-state index contributed by atoms with van der Waals surface area (Å²) in [6.07, 6.45) is 3.35. The number of piperidine rings is 1. The first-order valence-electron chi connectivity index (χ1n) is 13.9. The first-order valence-corrected chi connectivity index (χ1v) is 14.6. The normalized spacial score (nSPS) is 15.3. The Morgan fingerprint density at radius 1 is 1.00 bits per heavy atom. The number of rotatable bonds is 5. The Morgan fingerprint density at radius 3 is 2.41 bits per heavy atom. The van der Waals surface area contributed by atoms with Crippen molar-refractivity contribution in [3.8, 4) is 11.3 Å². The number of aromatic nitrogens is 2. The molecule has 3 aromatic carbocycles. The topological polar surface area (TPSA) is 82.5 Å². The molecule has 0 bridgehead atoms. The van der Waals surface area contributed by atoms with E-state index in [1.54, 1.807) is 42.6 Å². The molecule has 1 amide bonds. The summed E-state index contributed by atoms with van der Waals surface area (Å²) in [6, 6.07) is 13.9. The van der Waals surface area contributed by atoms with Crippen LogP contribution in [0.4, 0.5) is 20.4 Å². The number of hydrogen-bond acceptors (Lipinski definition) is 6. The van der Waals surface area contributed by atoms with Crippen LogP contribution in [0.25, 0.3) is 11.3 Å². The van der Waals surface area contributed by atoms with Gasteiger partial charge in [0.05, 0.1) is 34.1 Å². The van der Waals surface area contributed by atoms with Gasteiger partial charge in [-0.05, 0) is 69.3 Å². The number of halogens is 4. The molecule has 1 saturated heterocycles. The van der Waals surface area contributed by atoms with Gasteiger partial charge in [-0.3, -0.25) is 9.79 Å². The number of amides is 1. The second-order valence-electron chi connectivity index (χ2n) is 10.9. The third-order valence-electron chi connectivity index (χ3n) is 8.18. The Bertz CT molecular complexity index is 1750. The third kappa shape index (κ3) is 6.04. The van der Waals surface area contributed by atoms with Crippen LogP contribution in [0.3, 0.4) is 0 Å². The van der Waals surface area contributed by atoms with Crippen molar-refractivity contribution < 1.29 is 13.6 Å². The van der Waals surface area contributed by atoms with E-state index in [4.69, 9.17) is 28.2 Å². The molecule has 0 atom stereocenters. The Labute approximate surface area is 265 Å². The van der Waals surface area contributed by atoms with Crippen molar-refractivity contribution in [3.05, 3.63) is 105 Å². The van der Waals surface area contributed by atoms with Crippen molar-refractivity contribution in [1.29, 1.82) is 0 Å². The monoisotopic (exact) mass is 636 g/mol. The maximum Gasteiger partial charge on any atom is 0.255 e. The number of likely N-dealkylation sites (tertiary alicyclic amines) is 1. The van der Waals surface area contributed by atoms with Gasteiger partial charge in [0.2, 0.25) is 5.95 Å². The molecule has 2 N–H and O–H groups in total. The first kappa shape index (κ1) is 31.5. The molecule has 0 unspecified atom stereocenters. The molecule has 0 saturated carbocycles. The average molecular weight is 638 g/mol. The van der Waals surface area contributed by atoms with Gasteiger partial charge in [-0.25, -0.2) is 18.7 Å². The van der Waals surface area contributed by atoms with Crippen LogP contribution in [0.5, 0.6) is 0 Å². The molecule has 228 valence electrons. The molecular weight excluding hydrogens is 605 g/mol. The summed E-state index contributed by atoms with van der Waals surface area (Å²) >= 11 is 12.9. The van der Waals surface area contributed by atoms with E-state index in [1.807, 2.05) is 11.9 Å². The molecule has 44 heavy (non-hydrogen) atoms. The lowest BCUT2D eigenvalue weighted by atomic mass is 9.89. The van der Waals surface area contributed by atoms with Crippen molar-refractivity contribution in [2.75, 3.05) is 25.5 Å². The number of fused-ring (bicyclic) bond motifs is 3. The van der Waals surface area contributed by atoms with Gasteiger partial charge in [0.25, 0.3) is 5.91 Å². The van der Waals surface area contributed by atoms with Crippen molar-refractivity contribution in [3.63, 3.8) is 0 Å². The summed E-state index contributed by atoms with van der Waals surface area (Å²) in [5.41, 5.74) is 3.27. The molecule has 2 aliphatic rings. The number of benzene rings is 3. The van der Waals surface area contributed by atoms with Crippen LogP contribution in [-0.4, -0.2) is 52.2 Å². The Morgan fingerprint density at radius 2 is 1.73 bits per heavy atom. The Balaban J connectivity index is 0.00000384. The molecule has 4 aromatic rings. The fraction of sp³-hybridized carbons (Fsp3) is 0.273. The van der Waals surface area contributed by atoms with Crippen LogP contribution in [0.15, 0.2) is 65.8 Å². The van der Waals surface area contributed by atoms with Crippen LogP contribution in [0.1, 0.15) is 54.2 Å². The first-order chi connectivity index (χ1) is 20.7. The van der Waals surface area contributed by atoms with E-state index in [2.05, 4.69) is 27.5 Å². The Hall–Kier alpha value is -3.92. The minimum Gasteiger partial charge on any atom is -0.338 e. The molecule has 6 rings (SSSR count). The molecule has 0 radical (unpaired) electrons.